The molecule has 112 valence electrons. The van der Waals surface area contributed by atoms with Gasteiger partial charge >= 0.3 is 0 Å². The van der Waals surface area contributed by atoms with E-state index in [1.54, 1.807) is 12.1 Å². The molecule has 7 heteroatoms. The third kappa shape index (κ3) is 3.31. The van der Waals surface area contributed by atoms with Crippen LogP contribution in [0.2, 0.25) is 10.0 Å². The van der Waals surface area contributed by atoms with Gasteiger partial charge in [-0.3, -0.25) is 9.80 Å². The van der Waals surface area contributed by atoms with Gasteiger partial charge in [0.2, 0.25) is 5.91 Å². The highest BCUT2D eigenvalue weighted by molar-refractivity contribution is 6.42. The summed E-state index contributed by atoms with van der Waals surface area (Å²) in [5.74, 6) is 0.805. The Labute approximate surface area is 133 Å². The molecule has 2 N–H and O–H groups in total. The number of hydrogen-bond acceptors (Lipinski definition) is 4. The Bertz CT molecular complexity index is 584. The molecule has 1 aromatic carbocycles. The zero-order chi connectivity index (χ0) is 14.8. The van der Waals surface area contributed by atoms with Gasteiger partial charge in [0.25, 0.3) is 0 Å². The van der Waals surface area contributed by atoms with Crippen molar-refractivity contribution >= 4 is 40.6 Å². The second kappa shape index (κ2) is 6.22. The predicted octanol–water partition coefficient (Wildman–Crippen LogP) is 2.24. The molecule has 1 saturated heterocycles. The fraction of sp³-hybridized carbons (Fsp3) is 0.429. The Morgan fingerprint density at radius 1 is 1.38 bits per heavy atom. The molecule has 2 aliphatic rings. The number of halogens is 2. The SMILES string of the molecule is O=C(NC1=NN(c2ccc(Cl)c(Cl)c2)CC1)[C@H]1CCNC1. The molecule has 3 rings (SSSR count). The Morgan fingerprint density at radius 2 is 2.24 bits per heavy atom. The highest BCUT2D eigenvalue weighted by Gasteiger charge is 2.25. The van der Waals surface area contributed by atoms with Crippen molar-refractivity contribution in [1.82, 2.24) is 10.6 Å². The first-order chi connectivity index (χ1) is 10.1. The van der Waals surface area contributed by atoms with E-state index in [1.807, 2.05) is 11.1 Å². The van der Waals surface area contributed by atoms with Crippen LogP contribution in [0.3, 0.4) is 0 Å². The molecular formula is C14H16Cl2N4O. The topological polar surface area (TPSA) is 56.7 Å². The lowest BCUT2D eigenvalue weighted by atomic mass is 10.1. The molecule has 1 atom stereocenters. The van der Waals surface area contributed by atoms with Crippen LogP contribution in [0.25, 0.3) is 0 Å². The maximum absolute atomic E-state index is 12.1. The summed E-state index contributed by atoms with van der Waals surface area (Å²) < 4.78 is 0. The summed E-state index contributed by atoms with van der Waals surface area (Å²) in [6.45, 7) is 2.37. The van der Waals surface area contributed by atoms with Gasteiger partial charge in [0.1, 0.15) is 5.84 Å². The van der Waals surface area contributed by atoms with Crippen molar-refractivity contribution in [2.75, 3.05) is 24.6 Å². The lowest BCUT2D eigenvalue weighted by Gasteiger charge is -2.13. The third-order valence-electron chi connectivity index (χ3n) is 3.70. The Balaban J connectivity index is 1.66. The molecular weight excluding hydrogens is 311 g/mol. The molecule has 1 aromatic rings. The summed E-state index contributed by atoms with van der Waals surface area (Å²) in [6.07, 6.45) is 1.60. The molecule has 1 amide bonds. The van der Waals surface area contributed by atoms with Crippen LogP contribution in [0.4, 0.5) is 5.69 Å². The van der Waals surface area contributed by atoms with Gasteiger partial charge in [-0.2, -0.15) is 5.10 Å². The highest BCUT2D eigenvalue weighted by atomic mass is 35.5. The number of benzene rings is 1. The van der Waals surface area contributed by atoms with Gasteiger partial charge in [-0.1, -0.05) is 23.2 Å². The largest absolute Gasteiger partial charge is 0.316 e. The van der Waals surface area contributed by atoms with Gasteiger partial charge in [0, 0.05) is 19.5 Å². The minimum absolute atomic E-state index is 0.0479. The number of hydrogen-bond donors (Lipinski definition) is 2. The molecule has 2 aliphatic heterocycles. The van der Waals surface area contributed by atoms with Crippen molar-refractivity contribution in [2.45, 2.75) is 12.8 Å². The van der Waals surface area contributed by atoms with E-state index in [1.165, 1.54) is 0 Å². The van der Waals surface area contributed by atoms with Crippen LogP contribution in [-0.4, -0.2) is 31.4 Å². The third-order valence-corrected chi connectivity index (χ3v) is 4.44. The van der Waals surface area contributed by atoms with Gasteiger partial charge in [-0.05, 0) is 31.2 Å². The first-order valence-electron chi connectivity index (χ1n) is 6.95. The zero-order valence-corrected chi connectivity index (χ0v) is 12.9. The van der Waals surface area contributed by atoms with Crippen molar-refractivity contribution in [3.63, 3.8) is 0 Å². The van der Waals surface area contributed by atoms with Crippen molar-refractivity contribution in [1.29, 1.82) is 0 Å². The fourth-order valence-electron chi connectivity index (χ4n) is 2.50. The van der Waals surface area contributed by atoms with Crippen LogP contribution in [0.15, 0.2) is 23.3 Å². The van der Waals surface area contributed by atoms with Crippen molar-refractivity contribution < 1.29 is 4.79 Å². The van der Waals surface area contributed by atoms with Gasteiger partial charge in [-0.15, -0.1) is 0 Å². The molecule has 0 radical (unpaired) electrons. The smallest absolute Gasteiger partial charge is 0.229 e. The molecule has 0 spiro atoms. The first-order valence-corrected chi connectivity index (χ1v) is 7.71. The maximum Gasteiger partial charge on any atom is 0.229 e. The molecule has 21 heavy (non-hydrogen) atoms. The van der Waals surface area contributed by atoms with Crippen LogP contribution in [0.5, 0.6) is 0 Å². The van der Waals surface area contributed by atoms with Crippen LogP contribution in [0, 0.1) is 5.92 Å². The summed E-state index contributed by atoms with van der Waals surface area (Å²) >= 11 is 11.9. The lowest BCUT2D eigenvalue weighted by Crippen LogP contribution is -2.35. The Kier molecular flexibility index (Phi) is 4.33. The van der Waals surface area contributed by atoms with Gasteiger partial charge in [-0.25, -0.2) is 0 Å². The second-order valence-corrected chi connectivity index (χ2v) is 6.01. The minimum Gasteiger partial charge on any atom is -0.316 e. The number of hydrazone groups is 1. The summed E-state index contributed by atoms with van der Waals surface area (Å²) in [6, 6.07) is 5.39. The number of nitrogens with zero attached hydrogens (tertiary/aromatic N) is 2. The Hall–Kier alpha value is -1.30. The second-order valence-electron chi connectivity index (χ2n) is 5.20. The number of amidine groups is 1. The monoisotopic (exact) mass is 326 g/mol. The zero-order valence-electron chi connectivity index (χ0n) is 11.4. The molecule has 0 bridgehead atoms. The summed E-state index contributed by atoms with van der Waals surface area (Å²) in [5, 5.41) is 13.4. The standard InChI is InChI=1S/C14H16Cl2N4O/c15-11-2-1-10(7-12(11)16)20-6-4-13(19-20)18-14(21)9-3-5-17-8-9/h1-2,7,9,17H,3-6,8H2,(H,18,19,21)/t9-/m0/s1. The number of anilines is 1. The van der Waals surface area contributed by atoms with E-state index < -0.39 is 0 Å². The summed E-state index contributed by atoms with van der Waals surface area (Å²) in [4.78, 5) is 12.1. The van der Waals surface area contributed by atoms with Gasteiger partial charge in [0.05, 0.1) is 21.7 Å². The van der Waals surface area contributed by atoms with Crippen molar-refractivity contribution in [3.05, 3.63) is 28.2 Å². The van der Waals surface area contributed by atoms with Crippen LogP contribution < -0.4 is 15.6 Å². The highest BCUT2D eigenvalue weighted by Crippen LogP contribution is 2.28. The van der Waals surface area contributed by atoms with E-state index in [4.69, 9.17) is 23.2 Å². The minimum atomic E-state index is 0.0479. The van der Waals surface area contributed by atoms with Crippen molar-refractivity contribution in [3.8, 4) is 0 Å². The number of nitrogens with one attached hydrogen (secondary N) is 2. The summed E-state index contributed by atoms with van der Waals surface area (Å²) in [5.41, 5.74) is 0.871. The van der Waals surface area contributed by atoms with Crippen molar-refractivity contribution in [2.24, 2.45) is 11.0 Å². The molecule has 2 heterocycles. The number of amides is 1. The number of carbonyl (C=O) groups excluding carboxylic acids is 1. The number of carbonyl (C=O) groups is 1. The molecule has 0 saturated carbocycles. The van der Waals surface area contributed by atoms with Gasteiger partial charge in [0.15, 0.2) is 0 Å². The van der Waals surface area contributed by atoms with Crippen LogP contribution in [0.1, 0.15) is 12.8 Å². The van der Waals surface area contributed by atoms with E-state index in [-0.39, 0.29) is 11.8 Å². The van der Waals surface area contributed by atoms with E-state index >= 15 is 0 Å². The maximum atomic E-state index is 12.1. The fourth-order valence-corrected chi connectivity index (χ4v) is 2.79. The Morgan fingerprint density at radius 3 is 2.95 bits per heavy atom. The molecule has 0 unspecified atom stereocenters. The first kappa shape index (κ1) is 14.6. The predicted molar refractivity (Wildman–Crippen MR) is 85.0 cm³/mol. The quantitative estimate of drug-likeness (QED) is 0.876. The normalized spacial score (nSPS) is 21.5. The molecule has 0 aromatic heterocycles. The van der Waals surface area contributed by atoms with Crippen LogP contribution in [-0.2, 0) is 4.79 Å². The van der Waals surface area contributed by atoms with E-state index in [9.17, 15) is 4.79 Å². The lowest BCUT2D eigenvalue weighted by molar-refractivity contribution is -0.122. The average Bonchev–Trinajstić information content (AvgIpc) is 3.12. The average molecular weight is 327 g/mol. The van der Waals surface area contributed by atoms with E-state index in [0.717, 1.165) is 31.7 Å². The molecule has 5 nitrogen and oxygen atoms in total. The molecule has 0 aliphatic carbocycles. The van der Waals surface area contributed by atoms with E-state index in [0.29, 0.717) is 22.3 Å². The van der Waals surface area contributed by atoms with E-state index in [2.05, 4.69) is 15.7 Å². The molecule has 1 fully saturated rings. The van der Waals surface area contributed by atoms with Gasteiger partial charge < -0.3 is 10.6 Å². The summed E-state index contributed by atoms with van der Waals surface area (Å²) in [7, 11) is 0. The van der Waals surface area contributed by atoms with Crippen LogP contribution >= 0.6 is 23.2 Å². The number of rotatable bonds is 2.